The number of benzene rings is 2. The molecule has 1 aromatic heterocycles. The van der Waals surface area contributed by atoms with Crippen LogP contribution in [0.5, 0.6) is 23.0 Å². The van der Waals surface area contributed by atoms with Crippen molar-refractivity contribution in [2.45, 2.75) is 30.7 Å². The van der Waals surface area contributed by atoms with Gasteiger partial charge in [-0.2, -0.15) is 0 Å². The average Bonchev–Trinajstić information content (AvgIpc) is 2.82. The van der Waals surface area contributed by atoms with Crippen LogP contribution in [0.25, 0.3) is 22.1 Å². The number of hydrogen-bond donors (Lipinski definition) is 6. The summed E-state index contributed by atoms with van der Waals surface area (Å²) in [6, 6.07) is 7.65. The van der Waals surface area contributed by atoms with Crippen molar-refractivity contribution in [3.05, 3.63) is 46.8 Å². The summed E-state index contributed by atoms with van der Waals surface area (Å²) in [4.78, 5) is 13.0. The molecule has 0 amide bonds. The van der Waals surface area contributed by atoms with Gasteiger partial charge in [0.25, 0.3) is 0 Å². The lowest BCUT2D eigenvalue weighted by atomic mass is 9.99. The Morgan fingerprint density at radius 2 is 1.70 bits per heavy atom. The van der Waals surface area contributed by atoms with Gasteiger partial charge in [0, 0.05) is 6.07 Å². The first kappa shape index (κ1) is 22.8. The zero-order valence-corrected chi connectivity index (χ0v) is 17.3. The van der Waals surface area contributed by atoms with E-state index < -0.39 is 60.0 Å². The quantitative estimate of drug-likeness (QED) is 0.282. The van der Waals surface area contributed by atoms with Gasteiger partial charge in [-0.1, -0.05) is 12.1 Å². The van der Waals surface area contributed by atoms with E-state index in [-0.39, 0.29) is 16.5 Å². The van der Waals surface area contributed by atoms with Crippen LogP contribution < -0.4 is 14.9 Å². The highest BCUT2D eigenvalue weighted by molar-refractivity contribution is 5.91. The number of aliphatic hydroxyl groups excluding tert-OH is 4. The maximum atomic E-state index is 13.0. The number of fused-ring (bicyclic) bond motifs is 1. The number of hydrogen-bond acceptors (Lipinski definition) is 11. The highest BCUT2D eigenvalue weighted by atomic mass is 16.7. The van der Waals surface area contributed by atoms with Crippen LogP contribution in [0.15, 0.2) is 45.8 Å². The Morgan fingerprint density at radius 3 is 2.33 bits per heavy atom. The molecule has 5 atom stereocenters. The van der Waals surface area contributed by atoms with Crippen LogP contribution in [-0.4, -0.2) is 75.1 Å². The second-order valence-corrected chi connectivity index (χ2v) is 7.47. The van der Waals surface area contributed by atoms with Gasteiger partial charge in [0.05, 0.1) is 19.3 Å². The fourth-order valence-corrected chi connectivity index (χ4v) is 3.58. The van der Waals surface area contributed by atoms with E-state index in [9.17, 15) is 35.4 Å². The van der Waals surface area contributed by atoms with Gasteiger partial charge >= 0.3 is 0 Å². The summed E-state index contributed by atoms with van der Waals surface area (Å²) in [6.07, 6.45) is -6.73. The van der Waals surface area contributed by atoms with Crippen molar-refractivity contribution < 1.29 is 49.3 Å². The number of phenolic OH excluding ortho intramolecular Hbond substituents is 2. The first-order valence-corrected chi connectivity index (χ1v) is 9.88. The molecule has 0 spiro atoms. The maximum Gasteiger partial charge on any atom is 0.229 e. The SMILES string of the molecule is COc1ccc(-c2coc3cc(O[C@@H]4O[C@H](CO)[C@@H](O)[C@H](O)[C@H]4O)c(O)c(O)c3c2=O)cc1. The molecule has 0 saturated carbocycles. The predicted molar refractivity (Wildman–Crippen MR) is 112 cm³/mol. The molecule has 4 rings (SSSR count). The van der Waals surface area contributed by atoms with E-state index in [0.717, 1.165) is 6.07 Å². The minimum absolute atomic E-state index is 0.127. The molecule has 1 saturated heterocycles. The molecule has 176 valence electrons. The smallest absolute Gasteiger partial charge is 0.229 e. The van der Waals surface area contributed by atoms with Crippen LogP contribution in [0.1, 0.15) is 0 Å². The van der Waals surface area contributed by atoms with Crippen molar-refractivity contribution in [2.24, 2.45) is 0 Å². The van der Waals surface area contributed by atoms with Gasteiger partial charge in [-0.25, -0.2) is 0 Å². The summed E-state index contributed by atoms with van der Waals surface area (Å²) in [5, 5.41) is 59.8. The third-order valence-corrected chi connectivity index (χ3v) is 5.47. The summed E-state index contributed by atoms with van der Waals surface area (Å²) in [5.41, 5.74) is -0.129. The standard InChI is InChI=1S/C22H22O11/c1-30-10-4-2-9(3-5-10)11-8-31-12-6-13(17(25)19(27)15(12)16(11)24)32-22-21(29)20(28)18(26)14(7-23)33-22/h2-6,8,14,18,20-23,25-29H,7H2,1H3/t14-,18-,20+,21-,22-/m1/s1. The van der Waals surface area contributed by atoms with Gasteiger partial charge in [0.15, 0.2) is 11.5 Å². The first-order chi connectivity index (χ1) is 15.8. The third kappa shape index (κ3) is 3.96. The van der Waals surface area contributed by atoms with Crippen LogP contribution in [0.2, 0.25) is 0 Å². The van der Waals surface area contributed by atoms with E-state index in [1.165, 1.54) is 13.4 Å². The number of phenols is 2. The molecule has 1 aliphatic rings. The Morgan fingerprint density at radius 1 is 1.00 bits per heavy atom. The molecule has 0 aliphatic carbocycles. The molecule has 11 heteroatoms. The summed E-state index contributed by atoms with van der Waals surface area (Å²) in [5.74, 6) is -1.50. The second-order valence-electron chi connectivity index (χ2n) is 7.47. The minimum Gasteiger partial charge on any atom is -0.504 e. The molecule has 2 heterocycles. The molecule has 11 nitrogen and oxygen atoms in total. The van der Waals surface area contributed by atoms with Gasteiger partial charge in [-0.15, -0.1) is 0 Å². The summed E-state index contributed by atoms with van der Waals surface area (Å²) < 4.78 is 21.2. The molecule has 6 N–H and O–H groups in total. The number of methoxy groups -OCH3 is 1. The molecule has 0 radical (unpaired) electrons. The van der Waals surface area contributed by atoms with Crippen molar-refractivity contribution in [3.8, 4) is 34.1 Å². The lowest BCUT2D eigenvalue weighted by Crippen LogP contribution is -2.60. The van der Waals surface area contributed by atoms with Gasteiger partial charge in [0.1, 0.15) is 47.4 Å². The van der Waals surface area contributed by atoms with Gasteiger partial charge < -0.3 is 49.3 Å². The highest BCUT2D eigenvalue weighted by Gasteiger charge is 2.45. The Bertz CT molecular complexity index is 1200. The van der Waals surface area contributed by atoms with Crippen molar-refractivity contribution >= 4 is 11.0 Å². The fourth-order valence-electron chi connectivity index (χ4n) is 3.58. The highest BCUT2D eigenvalue weighted by Crippen LogP contribution is 2.42. The van der Waals surface area contributed by atoms with Crippen LogP contribution in [0.3, 0.4) is 0 Å². The second kappa shape index (κ2) is 8.89. The van der Waals surface area contributed by atoms with Crippen molar-refractivity contribution in [3.63, 3.8) is 0 Å². The molecule has 3 aromatic rings. The Balaban J connectivity index is 1.72. The zero-order valence-electron chi connectivity index (χ0n) is 17.3. The van der Waals surface area contributed by atoms with Crippen molar-refractivity contribution in [2.75, 3.05) is 13.7 Å². The van der Waals surface area contributed by atoms with E-state index in [2.05, 4.69) is 0 Å². The van der Waals surface area contributed by atoms with Crippen LogP contribution in [-0.2, 0) is 4.74 Å². The van der Waals surface area contributed by atoms with E-state index >= 15 is 0 Å². The number of ether oxygens (including phenoxy) is 3. The Labute approximate surface area is 186 Å². The third-order valence-electron chi connectivity index (χ3n) is 5.47. The fraction of sp³-hybridized carbons (Fsp3) is 0.318. The molecule has 2 aromatic carbocycles. The summed E-state index contributed by atoms with van der Waals surface area (Å²) in [7, 11) is 1.50. The number of rotatable bonds is 5. The summed E-state index contributed by atoms with van der Waals surface area (Å²) in [6.45, 7) is -0.678. The van der Waals surface area contributed by atoms with Crippen molar-refractivity contribution in [1.82, 2.24) is 0 Å². The Kier molecular flexibility index (Phi) is 6.15. The monoisotopic (exact) mass is 462 g/mol. The molecule has 33 heavy (non-hydrogen) atoms. The maximum absolute atomic E-state index is 13.0. The normalized spacial score (nSPS) is 25.2. The predicted octanol–water partition coefficient (Wildman–Crippen LogP) is 0.0585. The number of aliphatic hydroxyl groups is 4. The minimum atomic E-state index is -1.75. The average molecular weight is 462 g/mol. The summed E-state index contributed by atoms with van der Waals surface area (Å²) >= 11 is 0. The Hall–Kier alpha value is -3.35. The first-order valence-electron chi connectivity index (χ1n) is 9.88. The molecule has 1 fully saturated rings. The van der Waals surface area contributed by atoms with E-state index in [0.29, 0.717) is 11.3 Å². The molecule has 0 unspecified atom stereocenters. The molecule has 0 bridgehead atoms. The molecular weight excluding hydrogens is 440 g/mol. The lowest BCUT2D eigenvalue weighted by Gasteiger charge is -2.39. The largest absolute Gasteiger partial charge is 0.504 e. The number of aromatic hydroxyl groups is 2. The van der Waals surface area contributed by atoms with E-state index in [4.69, 9.17) is 18.6 Å². The molecule has 1 aliphatic heterocycles. The molecular formula is C22H22O11. The van der Waals surface area contributed by atoms with Crippen LogP contribution in [0.4, 0.5) is 0 Å². The van der Waals surface area contributed by atoms with Crippen molar-refractivity contribution in [1.29, 1.82) is 0 Å². The van der Waals surface area contributed by atoms with Gasteiger partial charge in [-0.05, 0) is 17.7 Å². The van der Waals surface area contributed by atoms with E-state index in [1.807, 2.05) is 0 Å². The zero-order chi connectivity index (χ0) is 23.9. The van der Waals surface area contributed by atoms with Crippen LogP contribution in [0, 0.1) is 0 Å². The lowest BCUT2D eigenvalue weighted by molar-refractivity contribution is -0.277. The van der Waals surface area contributed by atoms with Gasteiger partial charge in [0.2, 0.25) is 17.5 Å². The topological polar surface area (TPSA) is 179 Å². The van der Waals surface area contributed by atoms with Crippen LogP contribution >= 0.6 is 0 Å². The van der Waals surface area contributed by atoms with Gasteiger partial charge in [-0.3, -0.25) is 4.79 Å². The van der Waals surface area contributed by atoms with E-state index in [1.54, 1.807) is 24.3 Å².